The minimum atomic E-state index is -0.403. The zero-order valence-electron chi connectivity index (χ0n) is 20.2. The van der Waals surface area contributed by atoms with E-state index in [0.29, 0.717) is 46.7 Å². The number of hydrogen-bond acceptors (Lipinski definition) is 4. The van der Waals surface area contributed by atoms with E-state index in [1.165, 1.54) is 23.5 Å². The molecule has 4 atom stereocenters. The molecule has 1 saturated carbocycles. The molecule has 2 fully saturated rings. The van der Waals surface area contributed by atoms with Crippen LogP contribution in [0.15, 0.2) is 54.6 Å². The average Bonchev–Trinajstić information content (AvgIpc) is 3.58. The van der Waals surface area contributed by atoms with Crippen molar-refractivity contribution in [2.24, 2.45) is 23.7 Å². The first-order chi connectivity index (χ1) is 17.5. The second kappa shape index (κ2) is 9.19. The molecule has 0 spiro atoms. The van der Waals surface area contributed by atoms with Crippen LogP contribution in [0.2, 0.25) is 0 Å². The number of imide groups is 1. The van der Waals surface area contributed by atoms with E-state index in [9.17, 15) is 18.8 Å². The SMILES string of the molecule is O=C(NC[C@H]1C[C@@H]2C=C[C@H]1C2)C1CCCN(c2cccc3c2C(=O)N(Cc2cccc(F)c2)C3=O)C1. The normalized spacial score (nSPS) is 26.6. The van der Waals surface area contributed by atoms with Gasteiger partial charge in [-0.25, -0.2) is 4.39 Å². The minimum absolute atomic E-state index is 0.0206. The van der Waals surface area contributed by atoms with Gasteiger partial charge in [0, 0.05) is 19.6 Å². The number of benzene rings is 2. The van der Waals surface area contributed by atoms with Gasteiger partial charge >= 0.3 is 0 Å². The zero-order valence-corrected chi connectivity index (χ0v) is 20.2. The molecule has 36 heavy (non-hydrogen) atoms. The summed E-state index contributed by atoms with van der Waals surface area (Å²) in [5.74, 6) is 0.603. The topological polar surface area (TPSA) is 69.7 Å². The first-order valence-corrected chi connectivity index (χ1v) is 12.9. The Morgan fingerprint density at radius 1 is 1.06 bits per heavy atom. The highest BCUT2D eigenvalue weighted by molar-refractivity contribution is 6.23. The highest BCUT2D eigenvalue weighted by Crippen LogP contribution is 2.43. The Bertz CT molecular complexity index is 1260. The third kappa shape index (κ3) is 4.10. The monoisotopic (exact) mass is 487 g/mol. The number of hydrogen-bond donors (Lipinski definition) is 1. The van der Waals surface area contributed by atoms with Crippen molar-refractivity contribution in [1.29, 1.82) is 0 Å². The van der Waals surface area contributed by atoms with Crippen LogP contribution in [0, 0.1) is 29.5 Å². The van der Waals surface area contributed by atoms with Crippen molar-refractivity contribution in [3.05, 3.63) is 77.1 Å². The lowest BCUT2D eigenvalue weighted by molar-refractivity contribution is -0.125. The van der Waals surface area contributed by atoms with Crippen molar-refractivity contribution in [3.63, 3.8) is 0 Å². The number of amides is 3. The third-order valence-electron chi connectivity index (χ3n) is 8.29. The van der Waals surface area contributed by atoms with Gasteiger partial charge in [0.25, 0.3) is 11.8 Å². The summed E-state index contributed by atoms with van der Waals surface area (Å²) in [6, 6.07) is 11.3. The molecule has 3 amide bonds. The predicted octanol–water partition coefficient (Wildman–Crippen LogP) is 4.17. The van der Waals surface area contributed by atoms with Gasteiger partial charge in [0.05, 0.1) is 29.3 Å². The molecule has 1 unspecified atom stereocenters. The maximum absolute atomic E-state index is 13.7. The number of carbonyl (C=O) groups excluding carboxylic acids is 3. The van der Waals surface area contributed by atoms with Crippen molar-refractivity contribution in [2.45, 2.75) is 32.2 Å². The van der Waals surface area contributed by atoms with Crippen LogP contribution in [0.1, 0.15) is 52.0 Å². The summed E-state index contributed by atoms with van der Waals surface area (Å²) in [5.41, 5.74) is 2.01. The Balaban J connectivity index is 1.16. The number of fused-ring (bicyclic) bond motifs is 3. The third-order valence-corrected chi connectivity index (χ3v) is 8.29. The standard InChI is InChI=1S/C29H30FN3O3/c30-23-6-1-4-19(14-23)16-33-28(35)24-7-2-8-25(26(24)29(33)36)32-11-3-5-21(17-32)27(34)31-15-22-13-18-9-10-20(22)12-18/h1-2,4,6-10,14,18,20-22H,3,5,11-13,15-17H2,(H,31,34)/t18-,20+,21?,22-/m1/s1. The summed E-state index contributed by atoms with van der Waals surface area (Å²) in [6.07, 6.45) is 8.65. The molecule has 2 aromatic carbocycles. The van der Waals surface area contributed by atoms with Crippen LogP contribution in [0.4, 0.5) is 10.1 Å². The maximum atomic E-state index is 13.7. The summed E-state index contributed by atoms with van der Waals surface area (Å²) >= 11 is 0. The van der Waals surface area contributed by atoms with Crippen molar-refractivity contribution >= 4 is 23.4 Å². The van der Waals surface area contributed by atoms with Crippen molar-refractivity contribution in [1.82, 2.24) is 10.2 Å². The summed E-state index contributed by atoms with van der Waals surface area (Å²) in [7, 11) is 0. The number of allylic oxidation sites excluding steroid dienone is 2. The molecule has 1 N–H and O–H groups in total. The zero-order chi connectivity index (χ0) is 24.8. The van der Waals surface area contributed by atoms with Gasteiger partial charge in [-0.15, -0.1) is 0 Å². The van der Waals surface area contributed by atoms with Gasteiger partial charge in [-0.05, 0) is 73.3 Å². The lowest BCUT2D eigenvalue weighted by atomic mass is 9.92. The largest absolute Gasteiger partial charge is 0.370 e. The quantitative estimate of drug-likeness (QED) is 0.491. The van der Waals surface area contributed by atoms with Gasteiger partial charge in [0.1, 0.15) is 5.82 Å². The van der Waals surface area contributed by atoms with E-state index in [1.807, 2.05) is 6.07 Å². The van der Waals surface area contributed by atoms with E-state index in [4.69, 9.17) is 0 Å². The predicted molar refractivity (Wildman–Crippen MR) is 134 cm³/mol. The fraction of sp³-hybridized carbons (Fsp3) is 0.414. The lowest BCUT2D eigenvalue weighted by Crippen LogP contribution is -2.44. The highest BCUT2D eigenvalue weighted by atomic mass is 19.1. The van der Waals surface area contributed by atoms with Gasteiger partial charge in [-0.3, -0.25) is 19.3 Å². The first-order valence-electron chi connectivity index (χ1n) is 12.9. The summed E-state index contributed by atoms with van der Waals surface area (Å²) < 4.78 is 13.7. The number of halogens is 1. The molecular weight excluding hydrogens is 457 g/mol. The molecule has 2 aromatic rings. The molecule has 6 rings (SSSR count). The molecular formula is C29H30FN3O3. The second-order valence-electron chi connectivity index (χ2n) is 10.6. The van der Waals surface area contributed by atoms with Crippen LogP contribution in [0.25, 0.3) is 0 Å². The van der Waals surface area contributed by atoms with Crippen LogP contribution in [0.3, 0.4) is 0 Å². The Morgan fingerprint density at radius 2 is 1.92 bits per heavy atom. The van der Waals surface area contributed by atoms with Gasteiger partial charge in [-0.2, -0.15) is 0 Å². The van der Waals surface area contributed by atoms with Gasteiger partial charge in [-0.1, -0.05) is 30.4 Å². The fourth-order valence-corrected chi connectivity index (χ4v) is 6.46. The summed E-state index contributed by atoms with van der Waals surface area (Å²) in [5, 5.41) is 3.20. The van der Waals surface area contributed by atoms with Crippen LogP contribution >= 0.6 is 0 Å². The number of piperidine rings is 1. The van der Waals surface area contributed by atoms with E-state index in [-0.39, 0.29) is 30.2 Å². The molecule has 6 nitrogen and oxygen atoms in total. The van der Waals surface area contributed by atoms with E-state index in [1.54, 1.807) is 24.3 Å². The number of anilines is 1. The van der Waals surface area contributed by atoms with E-state index >= 15 is 0 Å². The first kappa shape index (κ1) is 23.0. The molecule has 0 radical (unpaired) electrons. The number of rotatable bonds is 6. The van der Waals surface area contributed by atoms with Crippen LogP contribution in [-0.2, 0) is 11.3 Å². The van der Waals surface area contributed by atoms with E-state index < -0.39 is 5.82 Å². The summed E-state index contributed by atoms with van der Waals surface area (Å²) in [4.78, 5) is 42.8. The Kier molecular flexibility index (Phi) is 5.86. The molecule has 2 heterocycles. The summed E-state index contributed by atoms with van der Waals surface area (Å²) in [6.45, 7) is 1.99. The number of nitrogens with zero attached hydrogens (tertiary/aromatic N) is 2. The van der Waals surface area contributed by atoms with E-state index in [2.05, 4.69) is 22.4 Å². The molecule has 186 valence electrons. The molecule has 4 aliphatic rings. The van der Waals surface area contributed by atoms with Crippen LogP contribution < -0.4 is 10.2 Å². The van der Waals surface area contributed by atoms with Gasteiger partial charge in [0.15, 0.2) is 0 Å². The maximum Gasteiger partial charge on any atom is 0.263 e. The molecule has 1 saturated heterocycles. The Morgan fingerprint density at radius 3 is 2.69 bits per heavy atom. The molecule has 7 heteroatoms. The minimum Gasteiger partial charge on any atom is -0.370 e. The van der Waals surface area contributed by atoms with Gasteiger partial charge < -0.3 is 10.2 Å². The fourth-order valence-electron chi connectivity index (χ4n) is 6.46. The van der Waals surface area contributed by atoms with Gasteiger partial charge in [0.2, 0.25) is 5.91 Å². The van der Waals surface area contributed by atoms with Crippen LogP contribution in [-0.4, -0.2) is 42.3 Å². The van der Waals surface area contributed by atoms with Crippen molar-refractivity contribution < 1.29 is 18.8 Å². The lowest BCUT2D eigenvalue weighted by Gasteiger charge is -2.35. The highest BCUT2D eigenvalue weighted by Gasteiger charge is 2.40. The molecule has 2 bridgehead atoms. The Labute approximate surface area is 210 Å². The second-order valence-corrected chi connectivity index (χ2v) is 10.6. The van der Waals surface area contributed by atoms with E-state index in [0.717, 1.165) is 32.4 Å². The number of carbonyl (C=O) groups is 3. The van der Waals surface area contributed by atoms with Crippen molar-refractivity contribution in [2.75, 3.05) is 24.5 Å². The van der Waals surface area contributed by atoms with Crippen molar-refractivity contribution in [3.8, 4) is 0 Å². The molecule has 2 aliphatic carbocycles. The Hall–Kier alpha value is -3.48. The molecule has 0 aromatic heterocycles. The average molecular weight is 488 g/mol. The smallest absolute Gasteiger partial charge is 0.263 e. The molecule has 2 aliphatic heterocycles. The van der Waals surface area contributed by atoms with Crippen LogP contribution in [0.5, 0.6) is 0 Å². The number of nitrogens with one attached hydrogen (secondary N) is 1.